The van der Waals surface area contributed by atoms with Crippen LogP contribution in [-0.4, -0.2) is 40.8 Å². The standard InChI is InChI=1S/C23H29N3O6/c1-12-8-9-17(28)13(2)18(12)15-10-25-16(11-24-14(3)27)19(21(29)31-7)20(15)26-22(30)32-23(4,5)6/h8-10,28H,11H2,1-7H3,(H,24,27)(H,25,26,30). The summed E-state index contributed by atoms with van der Waals surface area (Å²) in [6, 6.07) is 3.28. The van der Waals surface area contributed by atoms with Crippen LogP contribution in [0.15, 0.2) is 18.3 Å². The third-order valence-corrected chi connectivity index (χ3v) is 4.59. The molecule has 32 heavy (non-hydrogen) atoms. The van der Waals surface area contributed by atoms with Crippen molar-refractivity contribution in [1.82, 2.24) is 10.3 Å². The lowest BCUT2D eigenvalue weighted by atomic mass is 9.93. The highest BCUT2D eigenvalue weighted by molar-refractivity contribution is 6.05. The molecule has 2 amide bonds. The highest BCUT2D eigenvalue weighted by atomic mass is 16.6. The smallest absolute Gasteiger partial charge is 0.412 e. The number of benzene rings is 1. The maximum absolute atomic E-state index is 12.8. The first-order chi connectivity index (χ1) is 14.9. The van der Waals surface area contributed by atoms with E-state index >= 15 is 0 Å². The first kappa shape index (κ1) is 24.6. The average Bonchev–Trinajstić information content (AvgIpc) is 2.68. The van der Waals surface area contributed by atoms with E-state index in [-0.39, 0.29) is 35.1 Å². The first-order valence-electron chi connectivity index (χ1n) is 9.99. The number of nitrogens with one attached hydrogen (secondary N) is 2. The SMILES string of the molecule is COC(=O)c1c(CNC(C)=O)ncc(-c2c(C)ccc(O)c2C)c1NC(=O)OC(C)(C)C. The minimum absolute atomic E-state index is 0.0215. The van der Waals surface area contributed by atoms with Gasteiger partial charge in [0.1, 0.15) is 16.9 Å². The lowest BCUT2D eigenvalue weighted by Crippen LogP contribution is -2.29. The number of phenolic OH excluding ortho intramolecular Hbond substituents is 1. The summed E-state index contributed by atoms with van der Waals surface area (Å²) in [5, 5.41) is 15.5. The Balaban J connectivity index is 2.81. The molecule has 172 valence electrons. The van der Waals surface area contributed by atoms with E-state index < -0.39 is 17.7 Å². The first-order valence-corrected chi connectivity index (χ1v) is 9.99. The van der Waals surface area contributed by atoms with E-state index in [9.17, 15) is 19.5 Å². The fraction of sp³-hybridized carbons (Fsp3) is 0.391. The monoisotopic (exact) mass is 443 g/mol. The van der Waals surface area contributed by atoms with E-state index in [0.29, 0.717) is 16.7 Å². The summed E-state index contributed by atoms with van der Waals surface area (Å²) < 4.78 is 10.3. The number of aryl methyl sites for hydroxylation is 1. The number of hydrogen-bond acceptors (Lipinski definition) is 7. The fourth-order valence-corrected chi connectivity index (χ4v) is 3.19. The Morgan fingerprint density at radius 1 is 1.16 bits per heavy atom. The van der Waals surface area contributed by atoms with Gasteiger partial charge in [-0.25, -0.2) is 9.59 Å². The minimum Gasteiger partial charge on any atom is -0.508 e. The third-order valence-electron chi connectivity index (χ3n) is 4.59. The molecule has 0 radical (unpaired) electrons. The summed E-state index contributed by atoms with van der Waals surface area (Å²) in [4.78, 5) is 41.2. The van der Waals surface area contributed by atoms with Crippen molar-refractivity contribution in [3.8, 4) is 16.9 Å². The Kier molecular flexibility index (Phi) is 7.45. The molecule has 0 atom stereocenters. The third kappa shape index (κ3) is 5.75. The molecule has 0 saturated carbocycles. The molecule has 9 heteroatoms. The Bertz CT molecular complexity index is 1060. The molecule has 9 nitrogen and oxygen atoms in total. The number of amides is 2. The quantitative estimate of drug-likeness (QED) is 0.599. The number of rotatable bonds is 5. The van der Waals surface area contributed by atoms with Crippen LogP contribution in [0.1, 0.15) is 54.9 Å². The summed E-state index contributed by atoms with van der Waals surface area (Å²) in [7, 11) is 1.21. The maximum atomic E-state index is 12.8. The molecule has 0 unspecified atom stereocenters. The molecule has 0 saturated heterocycles. The molecule has 2 rings (SSSR count). The van der Waals surface area contributed by atoms with Gasteiger partial charge in [-0.1, -0.05) is 6.07 Å². The number of pyridine rings is 1. The van der Waals surface area contributed by atoms with Crippen LogP contribution in [0.4, 0.5) is 10.5 Å². The van der Waals surface area contributed by atoms with Crippen molar-refractivity contribution in [2.24, 2.45) is 0 Å². The molecule has 0 aliphatic rings. The summed E-state index contributed by atoms with van der Waals surface area (Å²) in [5.74, 6) is -1.01. The fourth-order valence-electron chi connectivity index (χ4n) is 3.19. The van der Waals surface area contributed by atoms with Crippen molar-refractivity contribution >= 4 is 23.7 Å². The predicted molar refractivity (Wildman–Crippen MR) is 120 cm³/mol. The van der Waals surface area contributed by atoms with Gasteiger partial charge in [-0.15, -0.1) is 0 Å². The van der Waals surface area contributed by atoms with E-state index in [4.69, 9.17) is 9.47 Å². The summed E-state index contributed by atoms with van der Waals surface area (Å²) in [6.07, 6.45) is 0.696. The number of aromatic hydroxyl groups is 1. The Labute approximate surface area is 187 Å². The molecule has 0 bridgehead atoms. The van der Waals surface area contributed by atoms with Gasteiger partial charge in [-0.3, -0.25) is 15.1 Å². The normalized spacial score (nSPS) is 11.0. The molecule has 0 aliphatic heterocycles. The number of aromatic nitrogens is 1. The lowest BCUT2D eigenvalue weighted by Gasteiger charge is -2.23. The van der Waals surface area contributed by atoms with Crippen LogP contribution in [0.5, 0.6) is 5.75 Å². The zero-order valence-corrected chi connectivity index (χ0v) is 19.4. The molecule has 2 aromatic rings. The minimum atomic E-state index is -0.781. The highest BCUT2D eigenvalue weighted by Crippen LogP contribution is 2.39. The molecule has 1 aromatic heterocycles. The molecule has 0 aliphatic carbocycles. The number of hydrogen-bond donors (Lipinski definition) is 3. The van der Waals surface area contributed by atoms with Crippen LogP contribution in [0.2, 0.25) is 0 Å². The van der Waals surface area contributed by atoms with E-state index in [1.165, 1.54) is 20.2 Å². The Morgan fingerprint density at radius 2 is 1.81 bits per heavy atom. The molecule has 3 N–H and O–H groups in total. The van der Waals surface area contributed by atoms with Crippen molar-refractivity contribution < 1.29 is 29.0 Å². The number of carbonyl (C=O) groups excluding carboxylic acids is 3. The second-order valence-corrected chi connectivity index (χ2v) is 8.30. The number of carbonyl (C=O) groups is 3. The number of ether oxygens (including phenoxy) is 2. The summed E-state index contributed by atoms with van der Waals surface area (Å²) >= 11 is 0. The van der Waals surface area contributed by atoms with Gasteiger partial charge < -0.3 is 19.9 Å². The van der Waals surface area contributed by atoms with Crippen LogP contribution in [0, 0.1) is 13.8 Å². The van der Waals surface area contributed by atoms with Gasteiger partial charge in [-0.05, 0) is 57.4 Å². The van der Waals surface area contributed by atoms with Crippen LogP contribution in [0.25, 0.3) is 11.1 Å². The Morgan fingerprint density at radius 3 is 2.38 bits per heavy atom. The zero-order chi connectivity index (χ0) is 24.2. The van der Waals surface area contributed by atoms with E-state index in [1.54, 1.807) is 39.8 Å². The van der Waals surface area contributed by atoms with Crippen LogP contribution in [0.3, 0.4) is 0 Å². The Hall–Kier alpha value is -3.62. The van der Waals surface area contributed by atoms with Crippen LogP contribution < -0.4 is 10.6 Å². The van der Waals surface area contributed by atoms with Gasteiger partial charge in [0.15, 0.2) is 0 Å². The van der Waals surface area contributed by atoms with Gasteiger partial charge >= 0.3 is 12.1 Å². The van der Waals surface area contributed by atoms with Gasteiger partial charge in [0.2, 0.25) is 5.91 Å². The zero-order valence-electron chi connectivity index (χ0n) is 19.4. The number of esters is 1. The molecule has 1 heterocycles. The van der Waals surface area contributed by atoms with Crippen molar-refractivity contribution in [2.45, 2.75) is 53.7 Å². The maximum Gasteiger partial charge on any atom is 0.412 e. The highest BCUT2D eigenvalue weighted by Gasteiger charge is 2.27. The second-order valence-electron chi connectivity index (χ2n) is 8.30. The van der Waals surface area contributed by atoms with Crippen molar-refractivity contribution in [3.05, 3.63) is 40.7 Å². The number of anilines is 1. The summed E-state index contributed by atoms with van der Waals surface area (Å²) in [5.41, 5.74) is 1.85. The largest absolute Gasteiger partial charge is 0.508 e. The molecule has 1 aromatic carbocycles. The van der Waals surface area contributed by atoms with E-state index in [1.807, 2.05) is 6.92 Å². The van der Waals surface area contributed by atoms with Crippen molar-refractivity contribution in [1.29, 1.82) is 0 Å². The van der Waals surface area contributed by atoms with E-state index in [2.05, 4.69) is 15.6 Å². The molecule has 0 fully saturated rings. The second kappa shape index (κ2) is 9.67. The van der Waals surface area contributed by atoms with Gasteiger partial charge in [0.25, 0.3) is 0 Å². The number of nitrogens with zero attached hydrogens (tertiary/aromatic N) is 1. The predicted octanol–water partition coefficient (Wildman–Crippen LogP) is 3.84. The molecular formula is C23H29N3O6. The van der Waals surface area contributed by atoms with Crippen molar-refractivity contribution in [2.75, 3.05) is 12.4 Å². The van der Waals surface area contributed by atoms with Gasteiger partial charge in [0, 0.05) is 18.7 Å². The lowest BCUT2D eigenvalue weighted by molar-refractivity contribution is -0.119. The molecular weight excluding hydrogens is 414 g/mol. The van der Waals surface area contributed by atoms with E-state index in [0.717, 1.165) is 5.56 Å². The summed E-state index contributed by atoms with van der Waals surface area (Å²) in [6.45, 7) is 9.99. The average molecular weight is 444 g/mol. The number of phenols is 1. The van der Waals surface area contributed by atoms with Gasteiger partial charge in [-0.2, -0.15) is 0 Å². The van der Waals surface area contributed by atoms with Crippen LogP contribution in [-0.2, 0) is 20.8 Å². The topological polar surface area (TPSA) is 127 Å². The van der Waals surface area contributed by atoms with Crippen molar-refractivity contribution in [3.63, 3.8) is 0 Å². The van der Waals surface area contributed by atoms with Crippen LogP contribution >= 0.6 is 0 Å². The molecule has 0 spiro atoms. The van der Waals surface area contributed by atoms with Gasteiger partial charge in [0.05, 0.1) is 25.0 Å². The number of methoxy groups -OCH3 is 1.